The Kier molecular flexibility index (Phi) is 1.85. The molecule has 1 aliphatic rings. The zero-order chi connectivity index (χ0) is 11.2. The fourth-order valence-electron chi connectivity index (χ4n) is 2.80. The minimum Gasteiger partial charge on any atom is -0.319 e. The predicted octanol–water partition coefficient (Wildman–Crippen LogP) is 3.19. The summed E-state index contributed by atoms with van der Waals surface area (Å²) < 4.78 is 2.18. The number of pyridine rings is 1. The third-order valence-corrected chi connectivity index (χ3v) is 3.74. The highest BCUT2D eigenvalue weighted by Crippen LogP contribution is 2.44. The fraction of sp³-hybridized carbons (Fsp3) is 0.357. The SMILES string of the molecule is Cc1cc2ccccn2c1C1(C#N)CCC1. The first-order valence-corrected chi connectivity index (χ1v) is 5.75. The van der Waals surface area contributed by atoms with E-state index in [1.807, 2.05) is 12.1 Å². The number of fused-ring (bicyclic) bond motifs is 1. The maximum absolute atomic E-state index is 9.43. The van der Waals surface area contributed by atoms with E-state index in [9.17, 15) is 5.26 Å². The predicted molar refractivity (Wildman–Crippen MR) is 63.3 cm³/mol. The van der Waals surface area contributed by atoms with Gasteiger partial charge in [0.05, 0.1) is 11.5 Å². The molecular formula is C14H14N2. The number of rotatable bonds is 1. The quantitative estimate of drug-likeness (QED) is 0.710. The molecule has 16 heavy (non-hydrogen) atoms. The van der Waals surface area contributed by atoms with Crippen LogP contribution in [-0.4, -0.2) is 4.40 Å². The van der Waals surface area contributed by atoms with Crippen molar-refractivity contribution in [2.75, 3.05) is 0 Å². The van der Waals surface area contributed by atoms with Crippen molar-refractivity contribution in [3.8, 4) is 6.07 Å². The minimum absolute atomic E-state index is 0.224. The third-order valence-electron chi connectivity index (χ3n) is 3.74. The van der Waals surface area contributed by atoms with Crippen LogP contribution in [0, 0.1) is 18.3 Å². The van der Waals surface area contributed by atoms with E-state index in [0.29, 0.717) is 0 Å². The van der Waals surface area contributed by atoms with Gasteiger partial charge >= 0.3 is 0 Å². The fourth-order valence-corrected chi connectivity index (χ4v) is 2.80. The molecule has 1 aliphatic carbocycles. The highest BCUT2D eigenvalue weighted by Gasteiger charge is 2.42. The first kappa shape index (κ1) is 9.47. The van der Waals surface area contributed by atoms with Gasteiger partial charge in [0.1, 0.15) is 0 Å². The molecule has 1 saturated carbocycles. The van der Waals surface area contributed by atoms with Crippen LogP contribution in [0.5, 0.6) is 0 Å². The average molecular weight is 210 g/mol. The molecule has 0 N–H and O–H groups in total. The summed E-state index contributed by atoms with van der Waals surface area (Å²) in [5.74, 6) is 0. The second-order valence-corrected chi connectivity index (χ2v) is 4.72. The molecule has 2 heterocycles. The highest BCUT2D eigenvalue weighted by molar-refractivity contribution is 5.56. The molecule has 2 aromatic heterocycles. The Hall–Kier alpha value is -1.75. The summed E-state index contributed by atoms with van der Waals surface area (Å²) in [5, 5.41) is 9.43. The molecule has 2 aromatic rings. The van der Waals surface area contributed by atoms with Crippen LogP contribution in [0.2, 0.25) is 0 Å². The molecule has 3 rings (SSSR count). The minimum atomic E-state index is -0.224. The second kappa shape index (κ2) is 3.12. The highest BCUT2D eigenvalue weighted by atomic mass is 14.9. The van der Waals surface area contributed by atoms with Crippen molar-refractivity contribution in [2.24, 2.45) is 0 Å². The van der Waals surface area contributed by atoms with Gasteiger partial charge in [-0.05, 0) is 49.9 Å². The molecular weight excluding hydrogens is 196 g/mol. The van der Waals surface area contributed by atoms with Crippen molar-refractivity contribution < 1.29 is 0 Å². The zero-order valence-electron chi connectivity index (χ0n) is 9.40. The van der Waals surface area contributed by atoms with Gasteiger partial charge in [0.2, 0.25) is 0 Å². The van der Waals surface area contributed by atoms with Gasteiger partial charge in [-0.2, -0.15) is 5.26 Å². The van der Waals surface area contributed by atoms with Crippen LogP contribution in [0.3, 0.4) is 0 Å². The van der Waals surface area contributed by atoms with Gasteiger partial charge in [0.25, 0.3) is 0 Å². The first-order chi connectivity index (χ1) is 7.77. The van der Waals surface area contributed by atoms with E-state index in [0.717, 1.165) is 12.8 Å². The van der Waals surface area contributed by atoms with Crippen LogP contribution in [0.4, 0.5) is 0 Å². The molecule has 0 radical (unpaired) electrons. The summed E-state index contributed by atoms with van der Waals surface area (Å²) in [6, 6.07) is 10.9. The number of nitriles is 1. The van der Waals surface area contributed by atoms with Crippen molar-refractivity contribution in [3.05, 3.63) is 41.7 Å². The van der Waals surface area contributed by atoms with Crippen molar-refractivity contribution >= 4 is 5.52 Å². The lowest BCUT2D eigenvalue weighted by molar-refractivity contribution is 0.313. The average Bonchev–Trinajstić information content (AvgIpc) is 2.56. The summed E-state index contributed by atoms with van der Waals surface area (Å²) in [6.45, 7) is 2.11. The maximum atomic E-state index is 9.43. The molecule has 0 amide bonds. The molecule has 0 aromatic carbocycles. The van der Waals surface area contributed by atoms with E-state index in [-0.39, 0.29) is 5.41 Å². The smallest absolute Gasteiger partial charge is 0.0979 e. The molecule has 0 atom stereocenters. The molecule has 80 valence electrons. The Balaban J connectivity index is 2.31. The van der Waals surface area contributed by atoms with Crippen LogP contribution in [0.25, 0.3) is 5.52 Å². The van der Waals surface area contributed by atoms with Crippen LogP contribution >= 0.6 is 0 Å². The van der Waals surface area contributed by atoms with Crippen molar-refractivity contribution in [2.45, 2.75) is 31.6 Å². The number of aromatic nitrogens is 1. The standard InChI is InChI=1S/C14H14N2/c1-11-9-12-5-2-3-8-16(12)13(11)14(10-15)6-4-7-14/h2-3,5,8-9H,4,6-7H2,1H3. The molecule has 0 aliphatic heterocycles. The van der Waals surface area contributed by atoms with E-state index >= 15 is 0 Å². The van der Waals surface area contributed by atoms with E-state index < -0.39 is 0 Å². The largest absolute Gasteiger partial charge is 0.319 e. The van der Waals surface area contributed by atoms with Crippen LogP contribution in [0.1, 0.15) is 30.5 Å². The van der Waals surface area contributed by atoms with Gasteiger partial charge < -0.3 is 4.40 Å². The zero-order valence-corrected chi connectivity index (χ0v) is 9.40. The van der Waals surface area contributed by atoms with E-state index in [2.05, 4.69) is 35.7 Å². The molecule has 0 bridgehead atoms. The van der Waals surface area contributed by atoms with E-state index in [1.54, 1.807) is 0 Å². The van der Waals surface area contributed by atoms with Gasteiger partial charge in [-0.25, -0.2) is 0 Å². The maximum Gasteiger partial charge on any atom is 0.0979 e. The lowest BCUT2D eigenvalue weighted by Crippen LogP contribution is -2.34. The molecule has 0 spiro atoms. The number of nitrogens with zero attached hydrogens (tertiary/aromatic N) is 2. The molecule has 2 nitrogen and oxygen atoms in total. The van der Waals surface area contributed by atoms with Crippen LogP contribution < -0.4 is 0 Å². The topological polar surface area (TPSA) is 28.2 Å². The Morgan fingerprint density at radius 1 is 1.38 bits per heavy atom. The van der Waals surface area contributed by atoms with Gasteiger partial charge in [0.15, 0.2) is 0 Å². The molecule has 2 heteroatoms. The summed E-state index contributed by atoms with van der Waals surface area (Å²) in [6.07, 6.45) is 5.25. The summed E-state index contributed by atoms with van der Waals surface area (Å²) >= 11 is 0. The summed E-state index contributed by atoms with van der Waals surface area (Å²) in [4.78, 5) is 0. The number of hydrogen-bond donors (Lipinski definition) is 0. The van der Waals surface area contributed by atoms with Gasteiger partial charge in [-0.3, -0.25) is 0 Å². The molecule has 0 unspecified atom stereocenters. The van der Waals surface area contributed by atoms with Crippen LogP contribution in [0.15, 0.2) is 30.5 Å². The summed E-state index contributed by atoms with van der Waals surface area (Å²) in [7, 11) is 0. The normalized spacial score (nSPS) is 18.0. The van der Waals surface area contributed by atoms with Crippen molar-refractivity contribution in [1.29, 1.82) is 5.26 Å². The summed E-state index contributed by atoms with van der Waals surface area (Å²) in [5.41, 5.74) is 3.42. The Labute approximate surface area is 95.1 Å². The van der Waals surface area contributed by atoms with Crippen LogP contribution in [-0.2, 0) is 5.41 Å². The lowest BCUT2D eigenvalue weighted by atomic mass is 9.67. The van der Waals surface area contributed by atoms with Crippen molar-refractivity contribution in [1.82, 2.24) is 4.40 Å². The monoisotopic (exact) mass is 210 g/mol. The van der Waals surface area contributed by atoms with Gasteiger partial charge in [0, 0.05) is 17.4 Å². The van der Waals surface area contributed by atoms with Gasteiger partial charge in [-0.1, -0.05) is 6.07 Å². The molecule has 0 saturated heterocycles. The van der Waals surface area contributed by atoms with E-state index in [1.165, 1.54) is 23.2 Å². The Morgan fingerprint density at radius 3 is 2.81 bits per heavy atom. The lowest BCUT2D eigenvalue weighted by Gasteiger charge is -2.35. The first-order valence-electron chi connectivity index (χ1n) is 5.75. The number of aryl methyl sites for hydroxylation is 1. The molecule has 1 fully saturated rings. The van der Waals surface area contributed by atoms with Crippen molar-refractivity contribution in [3.63, 3.8) is 0 Å². The van der Waals surface area contributed by atoms with Gasteiger partial charge in [-0.15, -0.1) is 0 Å². The third kappa shape index (κ3) is 1.06. The Bertz CT molecular complexity index is 582. The number of hydrogen-bond acceptors (Lipinski definition) is 1. The second-order valence-electron chi connectivity index (χ2n) is 4.72. The van der Waals surface area contributed by atoms with E-state index in [4.69, 9.17) is 0 Å². The Morgan fingerprint density at radius 2 is 2.19 bits per heavy atom.